The Morgan fingerprint density at radius 3 is 2.61 bits per heavy atom. The summed E-state index contributed by atoms with van der Waals surface area (Å²) in [5.41, 5.74) is 5.02. The summed E-state index contributed by atoms with van der Waals surface area (Å²) >= 11 is 0. The summed E-state index contributed by atoms with van der Waals surface area (Å²) in [6.07, 6.45) is 8.83. The molecule has 3 rings (SSSR count). The fourth-order valence-electron chi connectivity index (χ4n) is 3.46. The molecule has 0 aliphatic rings. The molecular formula is C27H31N3O. The molecule has 0 fully saturated rings. The van der Waals surface area contributed by atoms with Gasteiger partial charge >= 0.3 is 0 Å². The average molecular weight is 414 g/mol. The molecule has 0 unspecified atom stereocenters. The smallest absolute Gasteiger partial charge is 0.248 e. The van der Waals surface area contributed by atoms with Crippen molar-refractivity contribution in [3.8, 4) is 11.1 Å². The zero-order chi connectivity index (χ0) is 22.1. The predicted octanol–water partition coefficient (Wildman–Crippen LogP) is 6.34. The van der Waals surface area contributed by atoms with Gasteiger partial charge in [-0.15, -0.1) is 0 Å². The van der Waals surface area contributed by atoms with Gasteiger partial charge in [0, 0.05) is 31.6 Å². The van der Waals surface area contributed by atoms with Crippen LogP contribution in [0.5, 0.6) is 0 Å². The summed E-state index contributed by atoms with van der Waals surface area (Å²) in [5.74, 6) is 0.818. The fraction of sp³-hybridized carbons (Fsp3) is 0.259. The van der Waals surface area contributed by atoms with Crippen LogP contribution in [-0.2, 0) is 4.79 Å². The van der Waals surface area contributed by atoms with Gasteiger partial charge in [0.2, 0.25) is 5.91 Å². The van der Waals surface area contributed by atoms with E-state index in [1.54, 1.807) is 6.08 Å². The van der Waals surface area contributed by atoms with Crippen molar-refractivity contribution in [2.75, 3.05) is 23.8 Å². The van der Waals surface area contributed by atoms with Crippen LogP contribution < -0.4 is 10.2 Å². The standard InChI is InChI=1S/C27H31N3O/c1-4-5-9-16-30(3)26-20-23(14-15-28-26)24-17-21(2)18-25(19-24)29-27(31)13-12-22-10-7-6-8-11-22/h6-8,10-15,17-20H,4-5,9,16H2,1-3H3,(H,29,31). The van der Waals surface area contributed by atoms with Gasteiger partial charge in [-0.2, -0.15) is 0 Å². The van der Waals surface area contributed by atoms with E-state index in [4.69, 9.17) is 0 Å². The van der Waals surface area contributed by atoms with Crippen LogP contribution in [0, 0.1) is 6.92 Å². The number of carbonyl (C=O) groups excluding carboxylic acids is 1. The van der Waals surface area contributed by atoms with Crippen LogP contribution in [0.25, 0.3) is 17.2 Å². The lowest BCUT2D eigenvalue weighted by Gasteiger charge is -2.19. The molecule has 0 saturated heterocycles. The van der Waals surface area contributed by atoms with Gasteiger partial charge in [-0.1, -0.05) is 56.2 Å². The van der Waals surface area contributed by atoms with Crippen LogP contribution in [0.4, 0.5) is 11.5 Å². The van der Waals surface area contributed by atoms with Gasteiger partial charge in [0.1, 0.15) is 5.82 Å². The second-order valence-electron chi connectivity index (χ2n) is 7.85. The molecule has 0 aliphatic heterocycles. The average Bonchev–Trinajstić information content (AvgIpc) is 2.78. The molecule has 0 spiro atoms. The van der Waals surface area contributed by atoms with Crippen LogP contribution in [0.1, 0.15) is 37.3 Å². The van der Waals surface area contributed by atoms with E-state index in [-0.39, 0.29) is 5.91 Å². The molecular weight excluding hydrogens is 382 g/mol. The van der Waals surface area contributed by atoms with Crippen LogP contribution >= 0.6 is 0 Å². The summed E-state index contributed by atoms with van der Waals surface area (Å²) in [6.45, 7) is 5.25. The van der Waals surface area contributed by atoms with Gasteiger partial charge in [-0.25, -0.2) is 4.98 Å². The Bertz CT molecular complexity index is 1030. The Hall–Kier alpha value is -3.40. The number of aromatic nitrogens is 1. The molecule has 31 heavy (non-hydrogen) atoms. The Morgan fingerprint density at radius 2 is 1.84 bits per heavy atom. The second kappa shape index (κ2) is 11.1. The van der Waals surface area contributed by atoms with Gasteiger partial charge in [0.25, 0.3) is 0 Å². The first-order chi connectivity index (χ1) is 15.0. The van der Waals surface area contributed by atoms with E-state index in [1.165, 1.54) is 12.8 Å². The van der Waals surface area contributed by atoms with Crippen molar-refractivity contribution in [3.63, 3.8) is 0 Å². The largest absolute Gasteiger partial charge is 0.360 e. The third-order valence-electron chi connectivity index (χ3n) is 5.14. The van der Waals surface area contributed by atoms with Crippen LogP contribution in [-0.4, -0.2) is 24.5 Å². The zero-order valence-electron chi connectivity index (χ0n) is 18.6. The summed E-state index contributed by atoms with van der Waals surface area (Å²) in [4.78, 5) is 19.1. The monoisotopic (exact) mass is 413 g/mol. The Kier molecular flexibility index (Phi) is 7.99. The molecule has 1 N–H and O–H groups in total. The molecule has 4 nitrogen and oxygen atoms in total. The number of hydrogen-bond acceptors (Lipinski definition) is 3. The van der Waals surface area contributed by atoms with Crippen molar-refractivity contribution >= 4 is 23.5 Å². The molecule has 4 heteroatoms. The van der Waals surface area contributed by atoms with Crippen molar-refractivity contribution in [3.05, 3.63) is 84.1 Å². The number of benzene rings is 2. The minimum Gasteiger partial charge on any atom is -0.360 e. The highest BCUT2D eigenvalue weighted by Crippen LogP contribution is 2.27. The van der Waals surface area contributed by atoms with Gasteiger partial charge in [-0.3, -0.25) is 4.79 Å². The van der Waals surface area contributed by atoms with E-state index in [0.29, 0.717) is 0 Å². The highest BCUT2D eigenvalue weighted by Gasteiger charge is 2.07. The number of carbonyl (C=O) groups is 1. The molecule has 0 bridgehead atoms. The van der Waals surface area contributed by atoms with Gasteiger partial charge in [0.05, 0.1) is 0 Å². The quantitative estimate of drug-likeness (QED) is 0.329. The van der Waals surface area contributed by atoms with Crippen LogP contribution in [0.3, 0.4) is 0 Å². The van der Waals surface area contributed by atoms with Crippen molar-refractivity contribution in [1.82, 2.24) is 4.98 Å². The number of hydrogen-bond donors (Lipinski definition) is 1. The van der Waals surface area contributed by atoms with Crippen molar-refractivity contribution in [1.29, 1.82) is 0 Å². The lowest BCUT2D eigenvalue weighted by molar-refractivity contribution is -0.111. The topological polar surface area (TPSA) is 45.2 Å². The minimum atomic E-state index is -0.147. The van der Waals surface area contributed by atoms with Crippen molar-refractivity contribution < 1.29 is 4.79 Å². The minimum absolute atomic E-state index is 0.147. The molecule has 0 aliphatic carbocycles. The Balaban J connectivity index is 1.74. The fourth-order valence-corrected chi connectivity index (χ4v) is 3.46. The third-order valence-corrected chi connectivity index (χ3v) is 5.14. The van der Waals surface area contributed by atoms with Gasteiger partial charge in [-0.05, 0) is 65.9 Å². The summed E-state index contributed by atoms with van der Waals surface area (Å²) in [7, 11) is 2.09. The maximum Gasteiger partial charge on any atom is 0.248 e. The lowest BCUT2D eigenvalue weighted by Crippen LogP contribution is -2.19. The maximum atomic E-state index is 12.4. The zero-order valence-corrected chi connectivity index (χ0v) is 18.6. The number of pyridine rings is 1. The van der Waals surface area contributed by atoms with E-state index < -0.39 is 0 Å². The normalized spacial score (nSPS) is 10.9. The van der Waals surface area contributed by atoms with E-state index >= 15 is 0 Å². The van der Waals surface area contributed by atoms with Crippen molar-refractivity contribution in [2.45, 2.75) is 33.1 Å². The summed E-state index contributed by atoms with van der Waals surface area (Å²) in [5, 5.41) is 2.98. The number of amides is 1. The van der Waals surface area contributed by atoms with Crippen LogP contribution in [0.2, 0.25) is 0 Å². The molecule has 0 atom stereocenters. The molecule has 1 aromatic heterocycles. The van der Waals surface area contributed by atoms with Crippen LogP contribution in [0.15, 0.2) is 72.9 Å². The SMILES string of the molecule is CCCCCN(C)c1cc(-c2cc(C)cc(NC(=O)C=Cc3ccccc3)c2)ccn1. The molecule has 160 valence electrons. The second-order valence-corrected chi connectivity index (χ2v) is 7.85. The van der Waals surface area contributed by atoms with Crippen molar-refractivity contribution in [2.24, 2.45) is 0 Å². The number of rotatable bonds is 9. The van der Waals surface area contributed by atoms with E-state index in [0.717, 1.165) is 46.7 Å². The maximum absolute atomic E-state index is 12.4. The highest BCUT2D eigenvalue weighted by molar-refractivity contribution is 6.02. The number of unbranched alkanes of at least 4 members (excludes halogenated alkanes) is 2. The highest BCUT2D eigenvalue weighted by atomic mass is 16.1. The molecule has 1 heterocycles. The van der Waals surface area contributed by atoms with E-state index in [1.807, 2.05) is 67.7 Å². The Labute approximate surface area is 185 Å². The lowest BCUT2D eigenvalue weighted by atomic mass is 10.0. The third kappa shape index (κ3) is 6.82. The first kappa shape index (κ1) is 22.3. The first-order valence-corrected chi connectivity index (χ1v) is 10.9. The van der Waals surface area contributed by atoms with Gasteiger partial charge < -0.3 is 10.2 Å². The molecule has 0 radical (unpaired) electrons. The van der Waals surface area contributed by atoms with E-state index in [2.05, 4.69) is 41.3 Å². The molecule has 0 saturated carbocycles. The Morgan fingerprint density at radius 1 is 1.03 bits per heavy atom. The molecule has 3 aromatic rings. The first-order valence-electron chi connectivity index (χ1n) is 10.9. The number of nitrogens with one attached hydrogen (secondary N) is 1. The molecule has 2 aromatic carbocycles. The predicted molar refractivity (Wildman–Crippen MR) is 131 cm³/mol. The summed E-state index contributed by atoms with van der Waals surface area (Å²) in [6, 6.07) is 20.0. The van der Waals surface area contributed by atoms with Gasteiger partial charge in [0.15, 0.2) is 0 Å². The number of aryl methyl sites for hydroxylation is 1. The summed E-state index contributed by atoms with van der Waals surface area (Å²) < 4.78 is 0. The number of nitrogens with zero attached hydrogens (tertiary/aromatic N) is 2. The van der Waals surface area contributed by atoms with E-state index in [9.17, 15) is 4.79 Å². The molecule has 1 amide bonds. The number of anilines is 2.